The van der Waals surface area contributed by atoms with E-state index in [-0.39, 0.29) is 11.3 Å². The molecule has 1 aromatic carbocycles. The lowest BCUT2D eigenvalue weighted by Crippen LogP contribution is -2.11. The molecular weight excluding hydrogens is 266 g/mol. The largest absolute Gasteiger partial charge is 0.417 e. The van der Waals surface area contributed by atoms with Crippen molar-refractivity contribution in [3.63, 3.8) is 0 Å². The molecule has 1 rings (SSSR count). The van der Waals surface area contributed by atoms with Crippen molar-refractivity contribution in [1.82, 2.24) is 0 Å². The van der Waals surface area contributed by atoms with E-state index in [9.17, 15) is 17.6 Å². The number of nitrogen functional groups attached to an aromatic ring is 1. The highest BCUT2D eigenvalue weighted by Gasteiger charge is 2.36. The zero-order chi connectivity index (χ0) is 11.1. The number of nitrogens with two attached hydrogens (primary N) is 1. The van der Waals surface area contributed by atoms with Gasteiger partial charge < -0.3 is 5.73 Å². The fourth-order valence-corrected chi connectivity index (χ4v) is 1.89. The quantitative estimate of drug-likeness (QED) is 0.567. The number of hydrogen-bond donors (Lipinski definition) is 1. The van der Waals surface area contributed by atoms with Crippen molar-refractivity contribution in [2.45, 2.75) is 13.1 Å². The van der Waals surface area contributed by atoms with E-state index in [0.29, 0.717) is 0 Å². The van der Waals surface area contributed by atoms with E-state index in [1.165, 1.54) is 6.92 Å². The van der Waals surface area contributed by atoms with Gasteiger partial charge in [-0.2, -0.15) is 13.2 Å². The Morgan fingerprint density at radius 2 is 1.86 bits per heavy atom. The minimum absolute atomic E-state index is 0.108. The smallest absolute Gasteiger partial charge is 0.396 e. The fourth-order valence-electron chi connectivity index (χ4n) is 1.13. The van der Waals surface area contributed by atoms with Crippen LogP contribution in [0.15, 0.2) is 10.5 Å². The minimum Gasteiger partial charge on any atom is -0.396 e. The first kappa shape index (κ1) is 11.3. The molecule has 1 nitrogen and oxygen atoms in total. The van der Waals surface area contributed by atoms with Crippen molar-refractivity contribution in [1.29, 1.82) is 0 Å². The molecule has 1 aromatic rings. The lowest BCUT2D eigenvalue weighted by molar-refractivity contribution is -0.138. The maximum absolute atomic E-state index is 13.0. The summed E-state index contributed by atoms with van der Waals surface area (Å²) in [7, 11) is 0. The van der Waals surface area contributed by atoms with Crippen LogP contribution in [0.4, 0.5) is 23.2 Å². The third kappa shape index (κ3) is 1.84. The zero-order valence-electron chi connectivity index (χ0n) is 7.04. The molecule has 0 saturated heterocycles. The Morgan fingerprint density at radius 1 is 1.36 bits per heavy atom. The molecule has 0 heterocycles. The van der Waals surface area contributed by atoms with E-state index in [1.807, 2.05) is 0 Å². The Balaban J connectivity index is 3.53. The highest BCUT2D eigenvalue weighted by molar-refractivity contribution is 9.10. The summed E-state index contributed by atoms with van der Waals surface area (Å²) in [5, 5.41) is 0. The standard InChI is InChI=1S/C8H6BrF4N/c1-3-2-4(14)7(10)6(9)5(3)8(11,12)13/h2H,14H2,1H3. The van der Waals surface area contributed by atoms with Crippen LogP contribution in [0.25, 0.3) is 0 Å². The molecule has 0 aromatic heterocycles. The van der Waals surface area contributed by atoms with Crippen LogP contribution in [0.1, 0.15) is 11.1 Å². The second kappa shape index (κ2) is 3.42. The van der Waals surface area contributed by atoms with Crippen molar-refractivity contribution in [2.75, 3.05) is 5.73 Å². The number of halogens is 5. The summed E-state index contributed by atoms with van der Waals surface area (Å²) in [5.74, 6) is -1.08. The van der Waals surface area contributed by atoms with E-state index in [1.54, 1.807) is 0 Å². The molecule has 0 fully saturated rings. The third-order valence-corrected chi connectivity index (χ3v) is 2.46. The first-order valence-electron chi connectivity index (χ1n) is 3.56. The Labute approximate surface area is 86.0 Å². The van der Waals surface area contributed by atoms with Crippen LogP contribution < -0.4 is 5.73 Å². The van der Waals surface area contributed by atoms with Crippen molar-refractivity contribution < 1.29 is 17.6 Å². The van der Waals surface area contributed by atoms with Gasteiger partial charge in [0.05, 0.1) is 15.7 Å². The molecule has 78 valence electrons. The zero-order valence-corrected chi connectivity index (χ0v) is 8.63. The van der Waals surface area contributed by atoms with E-state index < -0.39 is 22.0 Å². The van der Waals surface area contributed by atoms with Gasteiger partial charge in [-0.25, -0.2) is 4.39 Å². The average molecular weight is 272 g/mol. The summed E-state index contributed by atoms with van der Waals surface area (Å²) >= 11 is 2.54. The van der Waals surface area contributed by atoms with Gasteiger partial charge in [-0.05, 0) is 34.5 Å². The Morgan fingerprint density at radius 3 is 2.29 bits per heavy atom. The monoisotopic (exact) mass is 271 g/mol. The summed E-state index contributed by atoms with van der Waals surface area (Å²) < 4.78 is 49.5. The van der Waals surface area contributed by atoms with Gasteiger partial charge in [0.1, 0.15) is 0 Å². The van der Waals surface area contributed by atoms with Crippen LogP contribution in [0.3, 0.4) is 0 Å². The molecule has 6 heteroatoms. The van der Waals surface area contributed by atoms with Gasteiger partial charge in [0.15, 0.2) is 5.82 Å². The summed E-state index contributed by atoms with van der Waals surface area (Å²) in [5.41, 5.74) is 3.73. The van der Waals surface area contributed by atoms with Gasteiger partial charge in [-0.3, -0.25) is 0 Å². The van der Waals surface area contributed by atoms with E-state index in [2.05, 4.69) is 15.9 Å². The molecule has 0 radical (unpaired) electrons. The van der Waals surface area contributed by atoms with E-state index >= 15 is 0 Å². The number of rotatable bonds is 0. The summed E-state index contributed by atoms with van der Waals surface area (Å²) in [6, 6.07) is 0.961. The Hall–Kier alpha value is -0.780. The first-order chi connectivity index (χ1) is 6.25. The lowest BCUT2D eigenvalue weighted by Gasteiger charge is -2.13. The second-order valence-electron chi connectivity index (χ2n) is 2.78. The normalized spacial score (nSPS) is 11.9. The molecular formula is C8H6BrF4N. The predicted molar refractivity (Wildman–Crippen MR) is 48.3 cm³/mol. The second-order valence-corrected chi connectivity index (χ2v) is 3.58. The van der Waals surface area contributed by atoms with Gasteiger partial charge in [0.2, 0.25) is 0 Å². The van der Waals surface area contributed by atoms with Crippen molar-refractivity contribution in [3.05, 3.63) is 27.5 Å². The maximum Gasteiger partial charge on any atom is 0.417 e. The molecule has 0 unspecified atom stereocenters. The van der Waals surface area contributed by atoms with Crippen molar-refractivity contribution in [3.8, 4) is 0 Å². The molecule has 14 heavy (non-hydrogen) atoms. The molecule has 2 N–H and O–H groups in total. The molecule has 0 spiro atoms. The highest BCUT2D eigenvalue weighted by Crippen LogP contribution is 2.39. The van der Waals surface area contributed by atoms with Gasteiger partial charge in [0, 0.05) is 0 Å². The molecule has 0 atom stereocenters. The summed E-state index contributed by atoms with van der Waals surface area (Å²) in [4.78, 5) is 0. The topological polar surface area (TPSA) is 26.0 Å². The Bertz CT molecular complexity index is 373. The first-order valence-corrected chi connectivity index (χ1v) is 4.35. The molecule has 0 amide bonds. The number of hydrogen-bond acceptors (Lipinski definition) is 1. The molecule has 0 aliphatic heterocycles. The van der Waals surface area contributed by atoms with Crippen LogP contribution in [0.5, 0.6) is 0 Å². The SMILES string of the molecule is Cc1cc(N)c(F)c(Br)c1C(F)(F)F. The number of alkyl halides is 3. The summed E-state index contributed by atoms with van der Waals surface area (Å²) in [6.07, 6.45) is -4.59. The molecule has 0 bridgehead atoms. The highest BCUT2D eigenvalue weighted by atomic mass is 79.9. The number of benzene rings is 1. The van der Waals surface area contributed by atoms with Crippen LogP contribution in [0, 0.1) is 12.7 Å². The van der Waals surface area contributed by atoms with Crippen molar-refractivity contribution >= 4 is 21.6 Å². The minimum atomic E-state index is -4.59. The number of aryl methyl sites for hydroxylation is 1. The van der Waals surface area contributed by atoms with Crippen LogP contribution in [-0.4, -0.2) is 0 Å². The van der Waals surface area contributed by atoms with E-state index in [0.717, 1.165) is 6.07 Å². The van der Waals surface area contributed by atoms with Crippen molar-refractivity contribution in [2.24, 2.45) is 0 Å². The van der Waals surface area contributed by atoms with Gasteiger partial charge in [-0.1, -0.05) is 0 Å². The maximum atomic E-state index is 13.0. The Kier molecular flexibility index (Phi) is 2.76. The van der Waals surface area contributed by atoms with Crippen LogP contribution in [-0.2, 0) is 6.18 Å². The third-order valence-electron chi connectivity index (χ3n) is 1.72. The fraction of sp³-hybridized carbons (Fsp3) is 0.250. The molecule has 0 aliphatic rings. The molecule has 0 aliphatic carbocycles. The van der Waals surface area contributed by atoms with Gasteiger partial charge >= 0.3 is 6.18 Å². The van der Waals surface area contributed by atoms with Crippen LogP contribution in [0.2, 0.25) is 0 Å². The predicted octanol–water partition coefficient (Wildman–Crippen LogP) is 3.50. The lowest BCUT2D eigenvalue weighted by atomic mass is 10.1. The summed E-state index contributed by atoms with van der Waals surface area (Å²) in [6.45, 7) is 1.23. The van der Waals surface area contributed by atoms with E-state index in [4.69, 9.17) is 5.73 Å². The van der Waals surface area contributed by atoms with Gasteiger partial charge in [-0.15, -0.1) is 0 Å². The average Bonchev–Trinajstić information content (AvgIpc) is 1.97. The van der Waals surface area contributed by atoms with Gasteiger partial charge in [0.25, 0.3) is 0 Å². The molecule has 0 saturated carbocycles. The number of anilines is 1. The van der Waals surface area contributed by atoms with Crippen LogP contribution >= 0.6 is 15.9 Å².